The first-order valence-electron chi connectivity index (χ1n) is 6.95. The molecule has 1 saturated carbocycles. The molecule has 0 atom stereocenters. The van der Waals surface area contributed by atoms with Crippen molar-refractivity contribution in [1.29, 1.82) is 0 Å². The van der Waals surface area contributed by atoms with Crippen molar-refractivity contribution < 1.29 is 9.58 Å². The lowest BCUT2D eigenvalue weighted by atomic mass is 9.89. The van der Waals surface area contributed by atoms with Crippen LogP contribution in [0.4, 0.5) is 0 Å². The summed E-state index contributed by atoms with van der Waals surface area (Å²) in [5.74, 6) is 0.726. The maximum absolute atomic E-state index is 5.69. The molecule has 1 aromatic carbocycles. The Labute approximate surface area is 109 Å². The van der Waals surface area contributed by atoms with Gasteiger partial charge in [-0.15, -0.1) is 0 Å². The monoisotopic (exact) mass is 242 g/mol. The van der Waals surface area contributed by atoms with Crippen molar-refractivity contribution in [2.24, 2.45) is 5.92 Å². The number of hydrogen-bond acceptors (Lipinski definition) is 1. The molecule has 18 heavy (non-hydrogen) atoms. The molecule has 0 N–H and O–H groups in total. The summed E-state index contributed by atoms with van der Waals surface area (Å²) in [5, 5.41) is 0. The number of nitrogens with zero attached hydrogens (tertiary/aromatic N) is 1. The molecule has 0 spiro atoms. The van der Waals surface area contributed by atoms with E-state index in [1.54, 1.807) is 0 Å². The van der Waals surface area contributed by atoms with Crippen LogP contribution in [-0.2, 0) is 11.4 Å². The van der Waals surface area contributed by atoms with Gasteiger partial charge in [0.2, 0.25) is 12.8 Å². The SMILES string of the molecule is C1=[N+](O/C=C/C2CCCCC2)Cc2ccccc21. The zero-order chi connectivity index (χ0) is 12.2. The van der Waals surface area contributed by atoms with Crippen LogP contribution in [0.2, 0.25) is 0 Å². The average Bonchev–Trinajstić information content (AvgIpc) is 2.82. The van der Waals surface area contributed by atoms with Gasteiger partial charge in [-0.1, -0.05) is 37.5 Å². The molecule has 0 radical (unpaired) electrons. The Balaban J connectivity index is 1.54. The molecule has 2 aliphatic rings. The minimum atomic E-state index is 0.726. The number of hydrogen-bond donors (Lipinski definition) is 0. The van der Waals surface area contributed by atoms with Crippen LogP contribution >= 0.6 is 0 Å². The molecule has 0 saturated heterocycles. The highest BCUT2D eigenvalue weighted by Gasteiger charge is 2.19. The van der Waals surface area contributed by atoms with Crippen LogP contribution in [0.25, 0.3) is 0 Å². The van der Waals surface area contributed by atoms with Gasteiger partial charge < -0.3 is 0 Å². The second-order valence-corrected chi connectivity index (χ2v) is 5.24. The molecule has 94 valence electrons. The first-order chi connectivity index (χ1) is 8.92. The highest BCUT2D eigenvalue weighted by molar-refractivity contribution is 5.79. The summed E-state index contributed by atoms with van der Waals surface area (Å²) in [5.41, 5.74) is 2.60. The van der Waals surface area contributed by atoms with E-state index in [1.807, 2.05) is 11.0 Å². The summed E-state index contributed by atoms with van der Waals surface area (Å²) in [6.07, 6.45) is 13.0. The Bertz CT molecular complexity index is 470. The normalized spacial score (nSPS) is 19.9. The fraction of sp³-hybridized carbons (Fsp3) is 0.438. The second-order valence-electron chi connectivity index (χ2n) is 5.24. The molecular weight excluding hydrogens is 222 g/mol. The molecular formula is C16H20NO+. The molecule has 1 aliphatic carbocycles. The van der Waals surface area contributed by atoms with E-state index in [-0.39, 0.29) is 0 Å². The van der Waals surface area contributed by atoms with E-state index in [4.69, 9.17) is 4.84 Å². The van der Waals surface area contributed by atoms with E-state index in [2.05, 4.69) is 36.6 Å². The highest BCUT2D eigenvalue weighted by Crippen LogP contribution is 2.24. The summed E-state index contributed by atoms with van der Waals surface area (Å²) in [6, 6.07) is 8.42. The molecule has 1 heterocycles. The van der Waals surface area contributed by atoms with Gasteiger partial charge in [0.15, 0.2) is 6.26 Å². The summed E-state index contributed by atoms with van der Waals surface area (Å²) in [6.45, 7) is 0.852. The zero-order valence-corrected chi connectivity index (χ0v) is 10.7. The lowest BCUT2D eigenvalue weighted by Gasteiger charge is -2.16. The number of benzene rings is 1. The van der Waals surface area contributed by atoms with Crippen molar-refractivity contribution in [3.8, 4) is 0 Å². The van der Waals surface area contributed by atoms with E-state index >= 15 is 0 Å². The molecule has 0 bridgehead atoms. The zero-order valence-electron chi connectivity index (χ0n) is 10.7. The lowest BCUT2D eigenvalue weighted by molar-refractivity contribution is -0.775. The quantitative estimate of drug-likeness (QED) is 0.582. The fourth-order valence-corrected chi connectivity index (χ4v) is 2.79. The van der Waals surface area contributed by atoms with Gasteiger partial charge in [0.1, 0.15) is 0 Å². The minimum Gasteiger partial charge on any atom is -0.245 e. The minimum absolute atomic E-state index is 0.726. The third-order valence-electron chi connectivity index (χ3n) is 3.86. The maximum atomic E-state index is 5.69. The molecule has 3 rings (SSSR count). The number of rotatable bonds is 3. The first-order valence-corrected chi connectivity index (χ1v) is 6.95. The number of allylic oxidation sites excluding steroid dienone is 1. The van der Waals surface area contributed by atoms with Crippen molar-refractivity contribution in [3.05, 3.63) is 47.7 Å². The van der Waals surface area contributed by atoms with Crippen molar-refractivity contribution in [3.63, 3.8) is 0 Å². The molecule has 0 aromatic heterocycles. The molecule has 1 aromatic rings. The standard InChI is InChI=1S/C16H20NO/c1-2-6-14(7-3-1)10-11-18-17-12-15-8-4-5-9-16(15)13-17/h4-5,8-12,14H,1-3,6-7,13H2/q+1/b11-10+. The average molecular weight is 242 g/mol. The van der Waals surface area contributed by atoms with Gasteiger partial charge >= 0.3 is 0 Å². The number of hydroxylamine groups is 1. The summed E-state index contributed by atoms with van der Waals surface area (Å²) in [7, 11) is 0. The van der Waals surface area contributed by atoms with Crippen molar-refractivity contribution in [2.45, 2.75) is 38.6 Å². The summed E-state index contributed by atoms with van der Waals surface area (Å²) < 4.78 is 1.91. The third-order valence-corrected chi connectivity index (χ3v) is 3.86. The summed E-state index contributed by atoms with van der Waals surface area (Å²) in [4.78, 5) is 5.69. The van der Waals surface area contributed by atoms with Crippen LogP contribution in [0.15, 0.2) is 36.6 Å². The first kappa shape index (κ1) is 11.5. The maximum Gasteiger partial charge on any atom is 0.224 e. The van der Waals surface area contributed by atoms with E-state index in [9.17, 15) is 0 Å². The largest absolute Gasteiger partial charge is 0.245 e. The van der Waals surface area contributed by atoms with Crippen LogP contribution in [0.5, 0.6) is 0 Å². The summed E-state index contributed by atoms with van der Waals surface area (Å²) >= 11 is 0. The Kier molecular flexibility index (Phi) is 3.44. The van der Waals surface area contributed by atoms with Crippen molar-refractivity contribution in [1.82, 2.24) is 0 Å². The predicted molar refractivity (Wildman–Crippen MR) is 72.4 cm³/mol. The van der Waals surface area contributed by atoms with Crippen molar-refractivity contribution >= 4 is 6.21 Å². The molecule has 0 amide bonds. The van der Waals surface area contributed by atoms with Gasteiger partial charge in [-0.3, -0.25) is 0 Å². The predicted octanol–water partition coefficient (Wildman–Crippen LogP) is 3.66. The molecule has 1 aliphatic heterocycles. The van der Waals surface area contributed by atoms with Gasteiger partial charge in [0.05, 0.1) is 5.56 Å². The highest BCUT2D eigenvalue weighted by atomic mass is 16.7. The van der Waals surface area contributed by atoms with Crippen LogP contribution in [0.1, 0.15) is 43.2 Å². The fourth-order valence-electron chi connectivity index (χ4n) is 2.79. The lowest BCUT2D eigenvalue weighted by Crippen LogP contribution is -2.06. The molecule has 2 heteroatoms. The van der Waals surface area contributed by atoms with Crippen LogP contribution < -0.4 is 0 Å². The van der Waals surface area contributed by atoms with Crippen molar-refractivity contribution in [2.75, 3.05) is 0 Å². The van der Waals surface area contributed by atoms with Gasteiger partial charge in [-0.05, 0) is 35.6 Å². The number of fused-ring (bicyclic) bond motifs is 1. The molecule has 1 fully saturated rings. The third kappa shape index (κ3) is 2.63. The van der Waals surface area contributed by atoms with Crippen LogP contribution in [0, 0.1) is 5.92 Å². The van der Waals surface area contributed by atoms with Crippen LogP contribution in [0.3, 0.4) is 0 Å². The van der Waals surface area contributed by atoms with Gasteiger partial charge in [0, 0.05) is 5.56 Å². The van der Waals surface area contributed by atoms with Crippen LogP contribution in [-0.4, -0.2) is 11.0 Å². The topological polar surface area (TPSA) is 12.2 Å². The van der Waals surface area contributed by atoms with Gasteiger partial charge in [-0.25, -0.2) is 4.84 Å². The van der Waals surface area contributed by atoms with E-state index < -0.39 is 0 Å². The second kappa shape index (κ2) is 5.38. The van der Waals surface area contributed by atoms with Gasteiger partial charge in [-0.2, -0.15) is 0 Å². The Morgan fingerprint density at radius 3 is 2.78 bits per heavy atom. The smallest absolute Gasteiger partial charge is 0.224 e. The van der Waals surface area contributed by atoms with E-state index in [1.165, 1.54) is 43.2 Å². The molecule has 2 nitrogen and oxygen atoms in total. The Morgan fingerprint density at radius 1 is 1.11 bits per heavy atom. The van der Waals surface area contributed by atoms with E-state index in [0.29, 0.717) is 0 Å². The van der Waals surface area contributed by atoms with E-state index in [0.717, 1.165) is 12.5 Å². The van der Waals surface area contributed by atoms with Gasteiger partial charge in [0.25, 0.3) is 0 Å². The Hall–Kier alpha value is -1.57. The molecule has 0 unspecified atom stereocenters. The Morgan fingerprint density at radius 2 is 1.94 bits per heavy atom.